The van der Waals surface area contributed by atoms with Crippen LogP contribution in [0.2, 0.25) is 0 Å². The number of anilines is 1. The molecule has 0 aliphatic heterocycles. The molecule has 0 aliphatic carbocycles. The van der Waals surface area contributed by atoms with Crippen LogP contribution in [0.25, 0.3) is 0 Å². The van der Waals surface area contributed by atoms with E-state index in [-0.39, 0.29) is 22.2 Å². The number of nitrogens with one attached hydrogen (secondary N) is 2. The Kier molecular flexibility index (Phi) is 5.93. The molecular weight excluding hydrogens is 393 g/mol. The van der Waals surface area contributed by atoms with E-state index >= 15 is 0 Å². The predicted octanol–water partition coefficient (Wildman–Crippen LogP) is 3.82. The summed E-state index contributed by atoms with van der Waals surface area (Å²) < 4.78 is 41.4. The molecule has 3 rings (SSSR count). The Balaban J connectivity index is 1.85. The molecule has 0 bridgehead atoms. The van der Waals surface area contributed by atoms with Gasteiger partial charge >= 0.3 is 0 Å². The van der Waals surface area contributed by atoms with Gasteiger partial charge in [-0.3, -0.25) is 14.5 Å². The van der Waals surface area contributed by atoms with Crippen molar-refractivity contribution < 1.29 is 17.6 Å². The van der Waals surface area contributed by atoms with Crippen molar-refractivity contribution >= 4 is 21.6 Å². The highest BCUT2D eigenvalue weighted by molar-refractivity contribution is 7.92. The number of carbonyl (C=O) groups is 1. The number of pyridine rings is 1. The van der Waals surface area contributed by atoms with Gasteiger partial charge in [0.25, 0.3) is 15.9 Å². The summed E-state index contributed by atoms with van der Waals surface area (Å²) in [7, 11) is -4.07. The molecule has 3 aromatic rings. The van der Waals surface area contributed by atoms with Crippen LogP contribution in [-0.4, -0.2) is 19.3 Å². The van der Waals surface area contributed by atoms with Crippen LogP contribution in [0.4, 0.5) is 10.1 Å². The largest absolute Gasteiger partial charge is 0.345 e. The molecule has 0 unspecified atom stereocenters. The molecule has 0 spiro atoms. The Bertz CT molecular complexity index is 1130. The Morgan fingerprint density at radius 3 is 2.55 bits per heavy atom. The molecule has 0 fully saturated rings. The number of hydrogen-bond donors (Lipinski definition) is 2. The van der Waals surface area contributed by atoms with E-state index in [1.807, 2.05) is 13.0 Å². The fraction of sp³-hybridized carbons (Fsp3) is 0.143. The van der Waals surface area contributed by atoms with Crippen LogP contribution in [0.3, 0.4) is 0 Å². The standard InChI is InChI=1S/C21H20FN3O3S/c1-14-9-10-17(29(27,28)25-20-8-4-3-7-19(20)22)12-18(14)21(26)24-15(2)16-6-5-11-23-13-16/h3-13,15,25H,1-2H3,(H,24,26)/t15-/m1/s1. The average molecular weight is 413 g/mol. The van der Waals surface area contributed by atoms with Crippen LogP contribution in [0, 0.1) is 12.7 Å². The summed E-state index contributed by atoms with van der Waals surface area (Å²) in [5.41, 5.74) is 1.50. The molecule has 1 heterocycles. The van der Waals surface area contributed by atoms with Gasteiger partial charge in [-0.05, 0) is 55.3 Å². The lowest BCUT2D eigenvalue weighted by molar-refractivity contribution is 0.0939. The Morgan fingerprint density at radius 1 is 1.10 bits per heavy atom. The van der Waals surface area contributed by atoms with Crippen molar-refractivity contribution in [3.63, 3.8) is 0 Å². The van der Waals surface area contributed by atoms with Gasteiger partial charge in [-0.25, -0.2) is 12.8 Å². The third kappa shape index (κ3) is 4.78. The number of sulfonamides is 1. The highest BCUT2D eigenvalue weighted by Gasteiger charge is 2.20. The van der Waals surface area contributed by atoms with Gasteiger partial charge in [0, 0.05) is 18.0 Å². The van der Waals surface area contributed by atoms with Gasteiger partial charge in [0.2, 0.25) is 0 Å². The van der Waals surface area contributed by atoms with Crippen molar-refractivity contribution in [3.8, 4) is 0 Å². The van der Waals surface area contributed by atoms with Crippen LogP contribution < -0.4 is 10.0 Å². The summed E-state index contributed by atoms with van der Waals surface area (Å²) in [4.78, 5) is 16.6. The van der Waals surface area contributed by atoms with Gasteiger partial charge in [0.15, 0.2) is 0 Å². The van der Waals surface area contributed by atoms with E-state index in [4.69, 9.17) is 0 Å². The number of carbonyl (C=O) groups excluding carboxylic acids is 1. The molecule has 0 aliphatic rings. The van der Waals surface area contributed by atoms with Crippen LogP contribution in [0.15, 0.2) is 71.9 Å². The smallest absolute Gasteiger partial charge is 0.262 e. The number of nitrogens with zero attached hydrogens (tertiary/aromatic N) is 1. The first-order chi connectivity index (χ1) is 13.8. The number of amides is 1. The van der Waals surface area contributed by atoms with Crippen molar-refractivity contribution in [2.24, 2.45) is 0 Å². The molecule has 1 atom stereocenters. The maximum absolute atomic E-state index is 13.8. The average Bonchev–Trinajstić information content (AvgIpc) is 2.70. The molecule has 150 valence electrons. The number of aryl methyl sites for hydroxylation is 1. The summed E-state index contributed by atoms with van der Waals surface area (Å²) >= 11 is 0. The maximum atomic E-state index is 13.8. The number of aromatic nitrogens is 1. The van der Waals surface area contributed by atoms with E-state index in [2.05, 4.69) is 15.0 Å². The number of rotatable bonds is 6. The normalized spacial score (nSPS) is 12.2. The first-order valence-electron chi connectivity index (χ1n) is 8.87. The number of halogens is 1. The van der Waals surface area contributed by atoms with E-state index < -0.39 is 21.7 Å². The summed E-state index contributed by atoms with van der Waals surface area (Å²) in [5, 5.41) is 2.84. The van der Waals surface area contributed by atoms with E-state index in [0.29, 0.717) is 5.56 Å². The predicted molar refractivity (Wildman–Crippen MR) is 109 cm³/mol. The third-order valence-electron chi connectivity index (χ3n) is 4.41. The number of benzene rings is 2. The first kappa shape index (κ1) is 20.5. The van der Waals surface area contributed by atoms with Gasteiger partial charge in [-0.2, -0.15) is 0 Å². The van der Waals surface area contributed by atoms with Gasteiger partial charge in [-0.15, -0.1) is 0 Å². The maximum Gasteiger partial charge on any atom is 0.262 e. The van der Waals surface area contributed by atoms with Gasteiger partial charge in [0.1, 0.15) is 5.82 Å². The van der Waals surface area contributed by atoms with Crippen LogP contribution in [0.5, 0.6) is 0 Å². The number of para-hydroxylation sites is 1. The molecule has 6 nitrogen and oxygen atoms in total. The zero-order valence-corrected chi connectivity index (χ0v) is 16.7. The lowest BCUT2D eigenvalue weighted by atomic mass is 10.1. The van der Waals surface area contributed by atoms with E-state index in [9.17, 15) is 17.6 Å². The Labute approximate surface area is 168 Å². The fourth-order valence-electron chi connectivity index (χ4n) is 2.75. The quantitative estimate of drug-likeness (QED) is 0.643. The molecule has 0 saturated heterocycles. The molecule has 2 N–H and O–H groups in total. The lowest BCUT2D eigenvalue weighted by Crippen LogP contribution is -2.27. The second-order valence-corrected chi connectivity index (χ2v) is 8.23. The van der Waals surface area contributed by atoms with E-state index in [1.54, 1.807) is 31.5 Å². The first-order valence-corrected chi connectivity index (χ1v) is 10.3. The van der Waals surface area contributed by atoms with Crippen molar-refractivity contribution in [1.29, 1.82) is 0 Å². The lowest BCUT2D eigenvalue weighted by Gasteiger charge is -2.16. The SMILES string of the molecule is Cc1ccc(S(=O)(=O)Nc2ccccc2F)cc1C(=O)N[C@H](C)c1cccnc1. The topological polar surface area (TPSA) is 88.2 Å². The molecule has 0 saturated carbocycles. The Hall–Kier alpha value is -3.26. The molecule has 8 heteroatoms. The zero-order valence-electron chi connectivity index (χ0n) is 15.9. The van der Waals surface area contributed by atoms with Crippen molar-refractivity contribution in [1.82, 2.24) is 10.3 Å². The second kappa shape index (κ2) is 8.40. The fourth-order valence-corrected chi connectivity index (χ4v) is 3.84. The summed E-state index contributed by atoms with van der Waals surface area (Å²) in [6.07, 6.45) is 3.29. The van der Waals surface area contributed by atoms with Crippen molar-refractivity contribution in [2.45, 2.75) is 24.8 Å². The zero-order chi connectivity index (χ0) is 21.0. The van der Waals surface area contributed by atoms with Crippen LogP contribution in [-0.2, 0) is 10.0 Å². The van der Waals surface area contributed by atoms with Gasteiger partial charge in [0.05, 0.1) is 16.6 Å². The van der Waals surface area contributed by atoms with E-state index in [0.717, 1.165) is 11.6 Å². The highest BCUT2D eigenvalue weighted by atomic mass is 32.2. The molecule has 0 radical (unpaired) electrons. The number of hydrogen-bond acceptors (Lipinski definition) is 4. The molecule has 1 aromatic heterocycles. The molecule has 29 heavy (non-hydrogen) atoms. The van der Waals surface area contributed by atoms with Gasteiger partial charge < -0.3 is 5.32 Å². The van der Waals surface area contributed by atoms with Crippen LogP contribution in [0.1, 0.15) is 34.5 Å². The minimum absolute atomic E-state index is 0.134. The molecule has 2 aromatic carbocycles. The minimum Gasteiger partial charge on any atom is -0.345 e. The Morgan fingerprint density at radius 2 is 1.86 bits per heavy atom. The molecule has 1 amide bonds. The third-order valence-corrected chi connectivity index (χ3v) is 5.78. The highest BCUT2D eigenvalue weighted by Crippen LogP contribution is 2.22. The van der Waals surface area contributed by atoms with E-state index in [1.165, 1.54) is 30.3 Å². The van der Waals surface area contributed by atoms with Crippen LogP contribution >= 0.6 is 0 Å². The summed E-state index contributed by atoms with van der Waals surface area (Å²) in [6.45, 7) is 3.52. The van der Waals surface area contributed by atoms with Crippen molar-refractivity contribution in [3.05, 3.63) is 89.5 Å². The second-order valence-electron chi connectivity index (χ2n) is 6.54. The summed E-state index contributed by atoms with van der Waals surface area (Å²) in [5.74, 6) is -1.10. The molecular formula is C21H20FN3O3S. The summed E-state index contributed by atoms with van der Waals surface area (Å²) in [6, 6.07) is 13.0. The van der Waals surface area contributed by atoms with Gasteiger partial charge in [-0.1, -0.05) is 24.3 Å². The van der Waals surface area contributed by atoms with Crippen molar-refractivity contribution in [2.75, 3.05) is 4.72 Å². The monoisotopic (exact) mass is 413 g/mol. The minimum atomic E-state index is -4.07.